The molecule has 2 unspecified atom stereocenters. The number of carbonyl (C=O) groups excluding carboxylic acids is 1. The zero-order chi connectivity index (χ0) is 10.5. The molecule has 0 bridgehead atoms. The summed E-state index contributed by atoms with van der Waals surface area (Å²) in [5.41, 5.74) is -0.674. The molecule has 0 aromatic carbocycles. The highest BCUT2D eigenvalue weighted by Gasteiger charge is 2.31. The first-order valence-electron chi connectivity index (χ1n) is 4.34. The molecular formula is C8H17O4P. The van der Waals surface area contributed by atoms with Crippen LogP contribution in [0.25, 0.3) is 0 Å². The van der Waals surface area contributed by atoms with Gasteiger partial charge in [-0.25, -0.2) is 0 Å². The van der Waals surface area contributed by atoms with E-state index in [0.717, 1.165) is 0 Å². The lowest BCUT2D eigenvalue weighted by molar-refractivity contribution is -0.142. The van der Waals surface area contributed by atoms with Gasteiger partial charge < -0.3 is 9.26 Å². The van der Waals surface area contributed by atoms with Crippen LogP contribution in [-0.2, 0) is 18.6 Å². The van der Waals surface area contributed by atoms with Crippen LogP contribution in [0.2, 0.25) is 0 Å². The van der Waals surface area contributed by atoms with Gasteiger partial charge in [0, 0.05) is 6.66 Å². The molecule has 0 N–H and O–H groups in total. The van der Waals surface area contributed by atoms with Gasteiger partial charge in [-0.1, -0.05) is 0 Å². The van der Waals surface area contributed by atoms with E-state index in [-0.39, 0.29) is 0 Å². The third kappa shape index (κ3) is 3.92. The largest absolute Gasteiger partial charge is 0.465 e. The van der Waals surface area contributed by atoms with Crippen molar-refractivity contribution in [1.82, 2.24) is 0 Å². The van der Waals surface area contributed by atoms with Gasteiger partial charge in [-0.05, 0) is 20.8 Å². The number of rotatable bonds is 5. The zero-order valence-electron chi connectivity index (χ0n) is 8.57. The van der Waals surface area contributed by atoms with Crippen molar-refractivity contribution in [1.29, 1.82) is 0 Å². The predicted molar refractivity (Wildman–Crippen MR) is 51.3 cm³/mol. The maximum absolute atomic E-state index is 11.7. The fourth-order valence-electron chi connectivity index (χ4n) is 0.822. The minimum Gasteiger partial charge on any atom is -0.465 e. The topological polar surface area (TPSA) is 52.6 Å². The van der Waals surface area contributed by atoms with Crippen molar-refractivity contribution in [2.24, 2.45) is 0 Å². The van der Waals surface area contributed by atoms with E-state index in [4.69, 9.17) is 9.26 Å². The summed E-state index contributed by atoms with van der Waals surface area (Å²) in [4.78, 5) is 11.2. The van der Waals surface area contributed by atoms with Gasteiger partial charge in [-0.2, -0.15) is 0 Å². The molecule has 0 amide bonds. The second-order valence-corrected chi connectivity index (χ2v) is 5.60. The molecule has 0 aliphatic rings. The van der Waals surface area contributed by atoms with Crippen molar-refractivity contribution in [2.45, 2.75) is 26.4 Å². The Bertz CT molecular complexity index is 214. The summed E-state index contributed by atoms with van der Waals surface area (Å²) in [6.07, 6.45) is 0. The van der Waals surface area contributed by atoms with Crippen molar-refractivity contribution >= 4 is 13.3 Å². The molecule has 0 rings (SSSR count). The lowest BCUT2D eigenvalue weighted by atomic mass is 10.5. The van der Waals surface area contributed by atoms with Gasteiger partial charge in [0.1, 0.15) is 5.66 Å². The van der Waals surface area contributed by atoms with Crippen molar-refractivity contribution in [3.63, 3.8) is 0 Å². The summed E-state index contributed by atoms with van der Waals surface area (Å²) in [5.74, 6) is -0.457. The molecule has 78 valence electrons. The second-order valence-electron chi connectivity index (χ2n) is 2.75. The molecule has 13 heavy (non-hydrogen) atoms. The molecule has 0 aromatic rings. The average molecular weight is 208 g/mol. The molecule has 0 saturated carbocycles. The summed E-state index contributed by atoms with van der Waals surface area (Å²) >= 11 is 0. The van der Waals surface area contributed by atoms with E-state index in [1.807, 2.05) is 0 Å². The first kappa shape index (κ1) is 12.7. The number of hydrogen-bond acceptors (Lipinski definition) is 4. The van der Waals surface area contributed by atoms with E-state index in [2.05, 4.69) is 0 Å². The SMILES string of the molecule is CCOC(=O)C(C)P(C)(=O)OCC. The smallest absolute Gasteiger partial charge is 0.318 e. The summed E-state index contributed by atoms with van der Waals surface area (Å²) in [6.45, 7) is 7.12. The van der Waals surface area contributed by atoms with Gasteiger partial charge in [0.05, 0.1) is 13.2 Å². The standard InChI is InChI=1S/C8H17O4P/c1-5-11-8(9)7(3)13(4,10)12-6-2/h7H,5-6H2,1-4H3. The lowest BCUT2D eigenvalue weighted by Gasteiger charge is -2.18. The van der Waals surface area contributed by atoms with Gasteiger partial charge in [0.2, 0.25) is 7.37 Å². The minimum absolute atomic E-state index is 0.301. The molecule has 0 aromatic heterocycles. The van der Waals surface area contributed by atoms with Crippen LogP contribution in [0.1, 0.15) is 20.8 Å². The summed E-state index contributed by atoms with van der Waals surface area (Å²) in [5, 5.41) is 0. The van der Waals surface area contributed by atoms with E-state index >= 15 is 0 Å². The Hall–Kier alpha value is -0.340. The van der Waals surface area contributed by atoms with E-state index in [9.17, 15) is 9.36 Å². The third-order valence-corrected chi connectivity index (χ3v) is 4.11. The molecule has 5 heteroatoms. The van der Waals surface area contributed by atoms with Crippen LogP contribution in [0, 0.1) is 0 Å². The number of hydrogen-bond donors (Lipinski definition) is 0. The number of esters is 1. The van der Waals surface area contributed by atoms with Gasteiger partial charge in [0.15, 0.2) is 0 Å². The molecule has 0 fully saturated rings. The Kier molecular flexibility index (Phi) is 5.26. The van der Waals surface area contributed by atoms with Crippen LogP contribution in [-0.4, -0.2) is 31.5 Å². The summed E-state index contributed by atoms with van der Waals surface area (Å²) in [7, 11) is -2.84. The monoisotopic (exact) mass is 208 g/mol. The molecule has 4 nitrogen and oxygen atoms in total. The quantitative estimate of drug-likeness (QED) is 0.511. The number of ether oxygens (including phenoxy) is 1. The van der Waals surface area contributed by atoms with Crippen molar-refractivity contribution in [3.05, 3.63) is 0 Å². The first-order chi connectivity index (χ1) is 5.95. The molecule has 0 aliphatic carbocycles. The maximum atomic E-state index is 11.7. The van der Waals surface area contributed by atoms with Crippen LogP contribution >= 0.6 is 7.37 Å². The van der Waals surface area contributed by atoms with Crippen molar-refractivity contribution in [3.8, 4) is 0 Å². The fourth-order valence-corrected chi connectivity index (χ4v) is 2.02. The van der Waals surface area contributed by atoms with E-state index in [1.165, 1.54) is 6.66 Å². The molecule has 0 saturated heterocycles. The highest BCUT2D eigenvalue weighted by Crippen LogP contribution is 2.48. The minimum atomic E-state index is -2.84. The zero-order valence-corrected chi connectivity index (χ0v) is 9.47. The molecule has 0 spiro atoms. The Labute approximate surface area is 79.1 Å². The third-order valence-electron chi connectivity index (χ3n) is 1.72. The lowest BCUT2D eigenvalue weighted by Crippen LogP contribution is -2.21. The van der Waals surface area contributed by atoms with Gasteiger partial charge in [0.25, 0.3) is 0 Å². The van der Waals surface area contributed by atoms with Gasteiger partial charge in [-0.3, -0.25) is 9.36 Å². The van der Waals surface area contributed by atoms with Crippen LogP contribution < -0.4 is 0 Å². The Morgan fingerprint density at radius 1 is 1.38 bits per heavy atom. The van der Waals surface area contributed by atoms with Crippen LogP contribution in [0.3, 0.4) is 0 Å². The maximum Gasteiger partial charge on any atom is 0.318 e. The Morgan fingerprint density at radius 2 is 1.92 bits per heavy atom. The van der Waals surface area contributed by atoms with Gasteiger partial charge >= 0.3 is 5.97 Å². The fraction of sp³-hybridized carbons (Fsp3) is 0.875. The molecular weight excluding hydrogens is 191 g/mol. The first-order valence-corrected chi connectivity index (χ1v) is 6.48. The van der Waals surface area contributed by atoms with Gasteiger partial charge in [-0.15, -0.1) is 0 Å². The molecule has 0 aliphatic heterocycles. The van der Waals surface area contributed by atoms with Crippen molar-refractivity contribution < 1.29 is 18.6 Å². The van der Waals surface area contributed by atoms with Crippen LogP contribution in [0.4, 0.5) is 0 Å². The Morgan fingerprint density at radius 3 is 2.31 bits per heavy atom. The summed E-state index contributed by atoms with van der Waals surface area (Å²) in [6, 6.07) is 0. The second kappa shape index (κ2) is 5.40. The number of carbonyl (C=O) groups is 1. The molecule has 2 atom stereocenters. The van der Waals surface area contributed by atoms with E-state index < -0.39 is 19.0 Å². The average Bonchev–Trinajstić information content (AvgIpc) is 2.03. The van der Waals surface area contributed by atoms with E-state index in [0.29, 0.717) is 13.2 Å². The molecule has 0 heterocycles. The van der Waals surface area contributed by atoms with Crippen LogP contribution in [0.5, 0.6) is 0 Å². The predicted octanol–water partition coefficient (Wildman–Crippen LogP) is 1.88. The van der Waals surface area contributed by atoms with Crippen molar-refractivity contribution in [2.75, 3.05) is 19.9 Å². The van der Waals surface area contributed by atoms with E-state index in [1.54, 1.807) is 20.8 Å². The van der Waals surface area contributed by atoms with Crippen LogP contribution in [0.15, 0.2) is 0 Å². The highest BCUT2D eigenvalue weighted by atomic mass is 31.2. The highest BCUT2D eigenvalue weighted by molar-refractivity contribution is 7.59. The summed E-state index contributed by atoms with van der Waals surface area (Å²) < 4.78 is 21.5. The Balaban J connectivity index is 4.30. The molecule has 0 radical (unpaired) electrons. The normalized spacial score (nSPS) is 17.5.